The molecule has 1 saturated heterocycles. The monoisotopic (exact) mass is 316 g/mol. The van der Waals surface area contributed by atoms with Gasteiger partial charge in [-0.05, 0) is 39.7 Å². The molecule has 0 radical (unpaired) electrons. The smallest absolute Gasteiger partial charge is 0.134 e. The maximum Gasteiger partial charge on any atom is 0.134 e. The highest BCUT2D eigenvalue weighted by molar-refractivity contribution is 5.51. The van der Waals surface area contributed by atoms with Crippen molar-refractivity contribution in [3.05, 3.63) is 35.5 Å². The van der Waals surface area contributed by atoms with Crippen LogP contribution in [0.25, 0.3) is 0 Å². The second-order valence-electron chi connectivity index (χ2n) is 6.17. The predicted molar refractivity (Wildman–Crippen MR) is 89.7 cm³/mol. The van der Waals surface area contributed by atoms with E-state index in [0.717, 1.165) is 48.1 Å². The first-order chi connectivity index (χ1) is 11.1. The number of hydrogen-bond acceptors (Lipinski definition) is 6. The van der Waals surface area contributed by atoms with Gasteiger partial charge in [0.15, 0.2) is 0 Å². The number of hydrogen-bond donors (Lipinski definition) is 2. The summed E-state index contributed by atoms with van der Waals surface area (Å²) in [5.74, 6) is 3.49. The first kappa shape index (κ1) is 15.8. The molecule has 0 spiro atoms. The fourth-order valence-electron chi connectivity index (χ4n) is 3.29. The molecule has 3 heterocycles. The van der Waals surface area contributed by atoms with Crippen LogP contribution in [0.2, 0.25) is 0 Å². The molecule has 2 aromatic rings. The molecule has 0 saturated carbocycles. The van der Waals surface area contributed by atoms with Crippen LogP contribution in [0.3, 0.4) is 0 Å². The fourth-order valence-corrected chi connectivity index (χ4v) is 3.29. The van der Waals surface area contributed by atoms with Gasteiger partial charge in [-0.25, -0.2) is 9.97 Å². The third-order valence-corrected chi connectivity index (χ3v) is 4.45. The standard InChI is InChI=1S/C17H24N4O2/c1-11-7-15(13(3)23-11)12(2)20-16-8-17(19-10-18-16)21-6-4-5-14(21)9-22/h7-8,10,12,14,22H,4-6,9H2,1-3H3,(H,18,19,20)/t12-,14-/m1/s1. The Labute approximate surface area is 136 Å². The van der Waals surface area contributed by atoms with Gasteiger partial charge in [0.1, 0.15) is 29.5 Å². The zero-order valence-electron chi connectivity index (χ0n) is 13.9. The summed E-state index contributed by atoms with van der Waals surface area (Å²) in [4.78, 5) is 10.8. The minimum Gasteiger partial charge on any atom is -0.466 e. The summed E-state index contributed by atoms with van der Waals surface area (Å²) in [6, 6.07) is 4.26. The van der Waals surface area contributed by atoms with E-state index in [1.807, 2.05) is 19.9 Å². The first-order valence-corrected chi connectivity index (χ1v) is 8.11. The van der Waals surface area contributed by atoms with E-state index >= 15 is 0 Å². The SMILES string of the molecule is Cc1cc([C@@H](C)Nc2cc(N3CCC[C@@H]3CO)ncn2)c(C)o1. The lowest BCUT2D eigenvalue weighted by Gasteiger charge is -2.24. The molecule has 2 aromatic heterocycles. The van der Waals surface area contributed by atoms with Crippen molar-refractivity contribution < 1.29 is 9.52 Å². The Balaban J connectivity index is 1.76. The van der Waals surface area contributed by atoms with E-state index in [1.165, 1.54) is 0 Å². The molecule has 0 aliphatic carbocycles. The molecule has 2 N–H and O–H groups in total. The van der Waals surface area contributed by atoms with Gasteiger partial charge in [0.2, 0.25) is 0 Å². The van der Waals surface area contributed by atoms with Gasteiger partial charge in [-0.1, -0.05) is 0 Å². The number of rotatable bonds is 5. The van der Waals surface area contributed by atoms with E-state index in [1.54, 1.807) is 6.33 Å². The van der Waals surface area contributed by atoms with Gasteiger partial charge in [-0.3, -0.25) is 0 Å². The largest absolute Gasteiger partial charge is 0.466 e. The molecule has 1 aliphatic rings. The lowest BCUT2D eigenvalue weighted by molar-refractivity contribution is 0.266. The van der Waals surface area contributed by atoms with E-state index in [2.05, 4.69) is 33.2 Å². The Hall–Kier alpha value is -2.08. The van der Waals surface area contributed by atoms with Gasteiger partial charge in [0, 0.05) is 18.2 Å². The summed E-state index contributed by atoms with van der Waals surface area (Å²) in [5.41, 5.74) is 1.14. The van der Waals surface area contributed by atoms with E-state index < -0.39 is 0 Å². The highest BCUT2D eigenvalue weighted by Gasteiger charge is 2.25. The molecule has 6 heteroatoms. The number of nitrogens with zero attached hydrogens (tertiary/aromatic N) is 3. The molecule has 6 nitrogen and oxygen atoms in total. The molecule has 1 aliphatic heterocycles. The minimum atomic E-state index is 0.0995. The van der Waals surface area contributed by atoms with E-state index in [4.69, 9.17) is 4.42 Å². The van der Waals surface area contributed by atoms with Crippen LogP contribution in [0.1, 0.15) is 42.9 Å². The van der Waals surface area contributed by atoms with Gasteiger partial charge in [-0.15, -0.1) is 0 Å². The molecular formula is C17H24N4O2. The molecule has 0 bridgehead atoms. The van der Waals surface area contributed by atoms with Crippen LogP contribution in [0.5, 0.6) is 0 Å². The fraction of sp³-hybridized carbons (Fsp3) is 0.529. The van der Waals surface area contributed by atoms with Crippen LogP contribution in [-0.2, 0) is 0 Å². The number of anilines is 2. The van der Waals surface area contributed by atoms with Crippen molar-refractivity contribution in [2.75, 3.05) is 23.4 Å². The highest BCUT2D eigenvalue weighted by atomic mass is 16.3. The number of aliphatic hydroxyl groups is 1. The lowest BCUT2D eigenvalue weighted by Crippen LogP contribution is -2.32. The molecule has 0 amide bonds. The van der Waals surface area contributed by atoms with Crippen LogP contribution in [0.4, 0.5) is 11.6 Å². The maximum atomic E-state index is 9.48. The number of aryl methyl sites for hydroxylation is 2. The number of furan rings is 1. The van der Waals surface area contributed by atoms with Gasteiger partial charge in [0.25, 0.3) is 0 Å². The van der Waals surface area contributed by atoms with Gasteiger partial charge >= 0.3 is 0 Å². The zero-order chi connectivity index (χ0) is 16.4. The topological polar surface area (TPSA) is 74.4 Å². The number of aliphatic hydroxyl groups excluding tert-OH is 1. The molecule has 1 fully saturated rings. The van der Waals surface area contributed by atoms with Crippen molar-refractivity contribution >= 4 is 11.6 Å². The van der Waals surface area contributed by atoms with Crippen LogP contribution < -0.4 is 10.2 Å². The first-order valence-electron chi connectivity index (χ1n) is 8.11. The zero-order valence-corrected chi connectivity index (χ0v) is 13.9. The summed E-state index contributed by atoms with van der Waals surface area (Å²) >= 11 is 0. The van der Waals surface area contributed by atoms with Crippen molar-refractivity contribution in [3.8, 4) is 0 Å². The Morgan fingerprint density at radius 3 is 2.91 bits per heavy atom. The van der Waals surface area contributed by atoms with Crippen molar-refractivity contribution in [1.29, 1.82) is 0 Å². The van der Waals surface area contributed by atoms with E-state index in [0.29, 0.717) is 0 Å². The summed E-state index contributed by atoms with van der Waals surface area (Å²) in [6.45, 7) is 7.11. The quantitative estimate of drug-likeness (QED) is 0.883. The van der Waals surface area contributed by atoms with Crippen molar-refractivity contribution in [1.82, 2.24) is 9.97 Å². The molecule has 0 unspecified atom stereocenters. The predicted octanol–water partition coefficient (Wildman–Crippen LogP) is 2.82. The normalized spacial score (nSPS) is 19.1. The highest BCUT2D eigenvalue weighted by Crippen LogP contribution is 2.27. The third-order valence-electron chi connectivity index (χ3n) is 4.45. The van der Waals surface area contributed by atoms with Crippen molar-refractivity contribution in [2.24, 2.45) is 0 Å². The van der Waals surface area contributed by atoms with Gasteiger partial charge in [-0.2, -0.15) is 0 Å². The molecule has 2 atom stereocenters. The maximum absolute atomic E-state index is 9.48. The molecular weight excluding hydrogens is 292 g/mol. The third kappa shape index (κ3) is 3.32. The van der Waals surface area contributed by atoms with Crippen molar-refractivity contribution in [2.45, 2.75) is 45.7 Å². The summed E-state index contributed by atoms with van der Waals surface area (Å²) in [6.07, 6.45) is 3.67. The van der Waals surface area contributed by atoms with Crippen LogP contribution in [0.15, 0.2) is 22.9 Å². The summed E-state index contributed by atoms with van der Waals surface area (Å²) in [5, 5.41) is 12.9. The van der Waals surface area contributed by atoms with Crippen LogP contribution in [-0.4, -0.2) is 34.3 Å². The molecule has 124 valence electrons. The summed E-state index contributed by atoms with van der Waals surface area (Å²) in [7, 11) is 0. The van der Waals surface area contributed by atoms with Gasteiger partial charge in [0.05, 0.1) is 18.7 Å². The minimum absolute atomic E-state index is 0.0995. The molecule has 23 heavy (non-hydrogen) atoms. The Kier molecular flexibility index (Phi) is 4.52. The van der Waals surface area contributed by atoms with Gasteiger partial charge < -0.3 is 19.7 Å². The van der Waals surface area contributed by atoms with E-state index in [-0.39, 0.29) is 18.7 Å². The van der Waals surface area contributed by atoms with E-state index in [9.17, 15) is 5.11 Å². The Bertz CT molecular complexity index is 670. The second-order valence-corrected chi connectivity index (χ2v) is 6.17. The average molecular weight is 316 g/mol. The average Bonchev–Trinajstić information content (AvgIpc) is 3.13. The molecule has 0 aromatic carbocycles. The van der Waals surface area contributed by atoms with Crippen molar-refractivity contribution in [3.63, 3.8) is 0 Å². The Morgan fingerprint density at radius 1 is 1.39 bits per heavy atom. The number of aromatic nitrogens is 2. The summed E-state index contributed by atoms with van der Waals surface area (Å²) < 4.78 is 5.60. The molecule has 3 rings (SSSR count). The number of nitrogens with one attached hydrogen (secondary N) is 1. The Morgan fingerprint density at radius 2 is 2.22 bits per heavy atom. The lowest BCUT2D eigenvalue weighted by atomic mass is 10.1. The van der Waals surface area contributed by atoms with Crippen LogP contribution >= 0.6 is 0 Å². The second kappa shape index (κ2) is 6.58. The van der Waals surface area contributed by atoms with Crippen LogP contribution in [0, 0.1) is 13.8 Å².